The van der Waals surface area contributed by atoms with Crippen LogP contribution in [0.2, 0.25) is 0 Å². The van der Waals surface area contributed by atoms with Gasteiger partial charge in [0.15, 0.2) is 11.6 Å². The van der Waals surface area contributed by atoms with Crippen LogP contribution in [0.5, 0.6) is 0 Å². The molecule has 6 nitrogen and oxygen atoms in total. The molecule has 0 bridgehead atoms. The molecule has 0 amide bonds. The molecule has 2 aromatic heterocycles. The number of hydrogen-bond acceptors (Lipinski definition) is 4. The first kappa shape index (κ1) is 11.3. The smallest absolute Gasteiger partial charge is 0.265 e. The van der Waals surface area contributed by atoms with E-state index in [1.54, 1.807) is 19.5 Å². The summed E-state index contributed by atoms with van der Waals surface area (Å²) in [5.74, 6) is 0.952. The van der Waals surface area contributed by atoms with Crippen LogP contribution in [0.1, 0.15) is 5.69 Å². The third-order valence-corrected chi connectivity index (χ3v) is 3.05. The fourth-order valence-corrected chi connectivity index (χ4v) is 1.66. The third kappa shape index (κ3) is 2.14. The molecule has 0 fully saturated rings. The zero-order valence-corrected chi connectivity index (χ0v) is 10.6. The fraction of sp³-hybridized carbons (Fsp3) is 0.222. The summed E-state index contributed by atoms with van der Waals surface area (Å²) in [5, 5.41) is 0. The number of aromatic amines is 2. The summed E-state index contributed by atoms with van der Waals surface area (Å²) in [5.41, 5.74) is 0.423. The Hall–Kier alpha value is -1.22. The van der Waals surface area contributed by atoms with Crippen LogP contribution < -0.4 is 5.56 Å². The molecular weight excluding hydrogens is 323 g/mol. The number of hydrogen-bond donors (Lipinski definition) is 2. The highest BCUT2D eigenvalue weighted by Gasteiger charge is 2.10. The van der Waals surface area contributed by atoms with E-state index < -0.39 is 0 Å². The highest BCUT2D eigenvalue weighted by molar-refractivity contribution is 14.1. The summed E-state index contributed by atoms with van der Waals surface area (Å²) < 4.78 is 5.52. The summed E-state index contributed by atoms with van der Waals surface area (Å²) in [6.45, 7) is 0.301. The topological polar surface area (TPSA) is 83.7 Å². The zero-order valence-electron chi connectivity index (χ0n) is 8.45. The van der Waals surface area contributed by atoms with Gasteiger partial charge in [-0.25, -0.2) is 9.97 Å². The Kier molecular flexibility index (Phi) is 3.34. The minimum atomic E-state index is -0.186. The molecule has 84 valence electrons. The molecule has 0 aliphatic rings. The second-order valence-corrected chi connectivity index (χ2v) is 4.12. The Labute approximate surface area is 105 Å². The molecule has 0 saturated carbocycles. The lowest BCUT2D eigenvalue weighted by Crippen LogP contribution is -2.17. The van der Waals surface area contributed by atoms with Gasteiger partial charge in [0.25, 0.3) is 5.56 Å². The highest BCUT2D eigenvalue weighted by Crippen LogP contribution is 2.11. The fourth-order valence-electron chi connectivity index (χ4n) is 1.24. The van der Waals surface area contributed by atoms with Gasteiger partial charge in [0.05, 0.1) is 12.3 Å². The maximum atomic E-state index is 11.6. The monoisotopic (exact) mass is 332 g/mol. The first-order chi connectivity index (χ1) is 7.72. The summed E-state index contributed by atoms with van der Waals surface area (Å²) >= 11 is 1.95. The third-order valence-electron chi connectivity index (χ3n) is 1.93. The number of nitrogens with zero attached hydrogens (tertiary/aromatic N) is 2. The van der Waals surface area contributed by atoms with Crippen molar-refractivity contribution in [2.75, 3.05) is 7.11 Å². The SMILES string of the molecule is COCc1nc(-c2ncc[nH]2)[nH]c(=O)c1I. The molecular formula is C9H9IN4O2. The molecule has 0 unspecified atom stereocenters. The lowest BCUT2D eigenvalue weighted by atomic mass is 10.4. The van der Waals surface area contributed by atoms with Crippen LogP contribution in [-0.4, -0.2) is 27.0 Å². The van der Waals surface area contributed by atoms with Crippen molar-refractivity contribution < 1.29 is 4.74 Å². The number of ether oxygens (including phenoxy) is 1. The van der Waals surface area contributed by atoms with Crippen LogP contribution in [-0.2, 0) is 11.3 Å². The number of H-pyrrole nitrogens is 2. The number of aromatic nitrogens is 4. The van der Waals surface area contributed by atoms with Crippen molar-refractivity contribution in [2.45, 2.75) is 6.61 Å². The van der Waals surface area contributed by atoms with Crippen molar-refractivity contribution in [3.8, 4) is 11.6 Å². The van der Waals surface area contributed by atoms with Gasteiger partial charge in [0, 0.05) is 19.5 Å². The van der Waals surface area contributed by atoms with E-state index in [4.69, 9.17) is 4.74 Å². The molecule has 2 heterocycles. The van der Waals surface area contributed by atoms with Crippen molar-refractivity contribution in [1.82, 2.24) is 19.9 Å². The largest absolute Gasteiger partial charge is 0.378 e. The van der Waals surface area contributed by atoms with Crippen LogP contribution in [0.15, 0.2) is 17.2 Å². The number of rotatable bonds is 3. The highest BCUT2D eigenvalue weighted by atomic mass is 127. The number of methoxy groups -OCH3 is 1. The molecule has 7 heteroatoms. The van der Waals surface area contributed by atoms with Gasteiger partial charge in [0.2, 0.25) is 0 Å². The van der Waals surface area contributed by atoms with Gasteiger partial charge in [0.1, 0.15) is 3.57 Å². The van der Waals surface area contributed by atoms with Crippen molar-refractivity contribution >= 4 is 22.6 Å². The van der Waals surface area contributed by atoms with Crippen molar-refractivity contribution in [2.24, 2.45) is 0 Å². The Morgan fingerprint density at radius 3 is 2.94 bits per heavy atom. The van der Waals surface area contributed by atoms with E-state index in [9.17, 15) is 4.79 Å². The predicted octanol–water partition coefficient (Wildman–Crippen LogP) is 0.911. The maximum absolute atomic E-state index is 11.6. The Morgan fingerprint density at radius 1 is 1.50 bits per heavy atom. The quantitative estimate of drug-likeness (QED) is 0.819. The molecule has 16 heavy (non-hydrogen) atoms. The van der Waals surface area contributed by atoms with E-state index in [0.29, 0.717) is 27.5 Å². The molecule has 0 spiro atoms. The average Bonchev–Trinajstić information content (AvgIpc) is 2.78. The number of nitrogens with one attached hydrogen (secondary N) is 2. The van der Waals surface area contributed by atoms with Crippen molar-refractivity contribution in [1.29, 1.82) is 0 Å². The number of imidazole rings is 1. The Morgan fingerprint density at radius 2 is 2.31 bits per heavy atom. The number of halogens is 1. The maximum Gasteiger partial charge on any atom is 0.265 e. The molecule has 0 atom stereocenters. The van der Waals surface area contributed by atoms with E-state index >= 15 is 0 Å². The van der Waals surface area contributed by atoms with Gasteiger partial charge in [-0.2, -0.15) is 0 Å². The second-order valence-electron chi connectivity index (χ2n) is 3.05. The molecule has 0 aromatic carbocycles. The zero-order chi connectivity index (χ0) is 11.5. The van der Waals surface area contributed by atoms with E-state index in [1.165, 1.54) is 0 Å². The lowest BCUT2D eigenvalue weighted by Gasteiger charge is -2.03. The lowest BCUT2D eigenvalue weighted by molar-refractivity contribution is 0.180. The molecule has 2 rings (SSSR count). The van der Waals surface area contributed by atoms with Gasteiger partial charge in [-0.05, 0) is 22.6 Å². The van der Waals surface area contributed by atoms with Gasteiger partial charge in [-0.3, -0.25) is 4.79 Å². The van der Waals surface area contributed by atoms with Crippen LogP contribution >= 0.6 is 22.6 Å². The second kappa shape index (κ2) is 4.74. The molecule has 0 aliphatic carbocycles. The van der Waals surface area contributed by atoms with Crippen LogP contribution in [0, 0.1) is 3.57 Å². The molecule has 0 saturated heterocycles. The van der Waals surface area contributed by atoms with E-state index in [-0.39, 0.29) is 5.56 Å². The van der Waals surface area contributed by atoms with Gasteiger partial charge in [-0.1, -0.05) is 0 Å². The first-order valence-corrected chi connectivity index (χ1v) is 5.57. The van der Waals surface area contributed by atoms with Crippen LogP contribution in [0.4, 0.5) is 0 Å². The van der Waals surface area contributed by atoms with E-state index in [0.717, 1.165) is 0 Å². The molecule has 2 N–H and O–H groups in total. The average molecular weight is 332 g/mol. The van der Waals surface area contributed by atoms with Gasteiger partial charge >= 0.3 is 0 Å². The Bertz CT molecular complexity index is 535. The molecule has 0 radical (unpaired) electrons. The summed E-state index contributed by atoms with van der Waals surface area (Å²) in [7, 11) is 1.56. The normalized spacial score (nSPS) is 10.6. The minimum Gasteiger partial charge on any atom is -0.378 e. The Balaban J connectivity index is 2.53. The predicted molar refractivity (Wildman–Crippen MR) is 65.9 cm³/mol. The van der Waals surface area contributed by atoms with Gasteiger partial charge in [-0.15, -0.1) is 0 Å². The van der Waals surface area contributed by atoms with Crippen molar-refractivity contribution in [3.05, 3.63) is 32.0 Å². The molecule has 0 aliphatic heterocycles. The minimum absolute atomic E-state index is 0.186. The van der Waals surface area contributed by atoms with Crippen LogP contribution in [0.3, 0.4) is 0 Å². The van der Waals surface area contributed by atoms with E-state index in [2.05, 4.69) is 19.9 Å². The first-order valence-electron chi connectivity index (χ1n) is 4.49. The summed E-state index contributed by atoms with van der Waals surface area (Å²) in [6.07, 6.45) is 3.27. The van der Waals surface area contributed by atoms with Crippen molar-refractivity contribution in [3.63, 3.8) is 0 Å². The standard InChI is InChI=1S/C9H9IN4O2/c1-16-4-5-6(10)9(15)14-8(13-5)7-11-2-3-12-7/h2-3H,4H2,1H3,(H,11,12)(H,13,14,15). The summed E-state index contributed by atoms with van der Waals surface area (Å²) in [6, 6.07) is 0. The van der Waals surface area contributed by atoms with Gasteiger partial charge < -0.3 is 14.7 Å². The van der Waals surface area contributed by atoms with Crippen LogP contribution in [0.25, 0.3) is 11.6 Å². The summed E-state index contributed by atoms with van der Waals surface area (Å²) in [4.78, 5) is 25.5. The van der Waals surface area contributed by atoms with E-state index in [1.807, 2.05) is 22.6 Å². The molecule has 2 aromatic rings.